The number of carbonyl (C=O) groups excluding carboxylic acids is 1. The lowest BCUT2D eigenvalue weighted by atomic mass is 10.6. The first-order valence-electron chi connectivity index (χ1n) is 2.70. The zero-order valence-electron chi connectivity index (χ0n) is 6.06. The van der Waals surface area contributed by atoms with Crippen LogP contribution in [0.2, 0.25) is 0 Å². The molecule has 9 heavy (non-hydrogen) atoms. The van der Waals surface area contributed by atoms with Crippen LogP contribution in [0.25, 0.3) is 0 Å². The zero-order valence-corrected chi connectivity index (χ0v) is 6.06. The number of hydrogen-bond acceptors (Lipinski definition) is 2. The fourth-order valence-electron chi connectivity index (χ4n) is 0.365. The normalized spacial score (nSPS) is 8.33. The highest BCUT2D eigenvalue weighted by atomic mass is 16.2. The van der Waals surface area contributed by atoms with Gasteiger partial charge in [0.25, 0.3) is 0 Å². The van der Waals surface area contributed by atoms with E-state index in [2.05, 4.69) is 12.0 Å². The second-order valence-corrected chi connectivity index (χ2v) is 1.97. The number of rotatable bonds is 2. The van der Waals surface area contributed by atoms with Gasteiger partial charge in [0.05, 0.1) is 0 Å². The van der Waals surface area contributed by atoms with E-state index in [0.29, 0.717) is 0 Å². The maximum absolute atomic E-state index is 10.5. The van der Waals surface area contributed by atoms with Crippen LogP contribution in [-0.4, -0.2) is 18.0 Å². The molecule has 0 saturated carbocycles. The van der Waals surface area contributed by atoms with Gasteiger partial charge in [-0.25, -0.2) is 0 Å². The van der Waals surface area contributed by atoms with Crippen molar-refractivity contribution in [2.24, 2.45) is 0 Å². The van der Waals surface area contributed by atoms with Crippen LogP contribution >= 0.6 is 0 Å². The monoisotopic (exact) mass is 128 g/mol. The van der Waals surface area contributed by atoms with E-state index >= 15 is 0 Å². The third-order valence-corrected chi connectivity index (χ3v) is 0.831. The number of carbonyl (C=O) groups is 1. The molecule has 0 heterocycles. The second-order valence-electron chi connectivity index (χ2n) is 1.97. The van der Waals surface area contributed by atoms with E-state index < -0.39 is 0 Å². The Labute approximate surface area is 55.3 Å². The first-order valence-corrected chi connectivity index (χ1v) is 2.70. The van der Waals surface area contributed by atoms with Crippen molar-refractivity contribution in [3.05, 3.63) is 12.3 Å². The van der Waals surface area contributed by atoms with Gasteiger partial charge in [-0.3, -0.25) is 9.80 Å². The largest absolute Gasteiger partial charge is 0.301 e. The van der Waals surface area contributed by atoms with E-state index in [1.807, 2.05) is 0 Å². The van der Waals surface area contributed by atoms with E-state index in [-0.39, 0.29) is 5.91 Å². The lowest BCUT2D eigenvalue weighted by molar-refractivity contribution is -0.129. The molecular weight excluding hydrogens is 116 g/mol. The fourth-order valence-corrected chi connectivity index (χ4v) is 0.365. The van der Waals surface area contributed by atoms with Gasteiger partial charge in [-0.15, -0.1) is 0 Å². The molecule has 0 unspecified atom stereocenters. The van der Waals surface area contributed by atoms with Crippen molar-refractivity contribution >= 4 is 5.91 Å². The maximum Gasteiger partial charge on any atom is 0.237 e. The third-order valence-electron chi connectivity index (χ3n) is 0.831. The Balaban J connectivity index is 3.63. The molecule has 0 aromatic carbocycles. The molecule has 0 fully saturated rings. The van der Waals surface area contributed by atoms with Crippen LogP contribution in [0.4, 0.5) is 0 Å². The van der Waals surface area contributed by atoms with Crippen molar-refractivity contribution in [3.63, 3.8) is 0 Å². The zero-order chi connectivity index (χ0) is 7.44. The molecule has 52 valence electrons. The smallest absolute Gasteiger partial charge is 0.237 e. The topological polar surface area (TPSA) is 32.3 Å². The minimum atomic E-state index is -0.0296. The van der Waals surface area contributed by atoms with Crippen LogP contribution in [0.15, 0.2) is 12.3 Å². The first kappa shape index (κ1) is 8.01. The van der Waals surface area contributed by atoms with Gasteiger partial charge < -0.3 is 5.43 Å². The Bertz CT molecular complexity index is 131. The molecule has 0 saturated heterocycles. The Morgan fingerprint density at radius 3 is 2.11 bits per heavy atom. The molecular formula is C6H12N2O. The Morgan fingerprint density at radius 1 is 1.56 bits per heavy atom. The average Bonchev–Trinajstić information content (AvgIpc) is 1.63. The summed E-state index contributed by atoms with van der Waals surface area (Å²) in [5, 5.41) is 1.38. The predicted molar refractivity (Wildman–Crippen MR) is 36.4 cm³/mol. The van der Waals surface area contributed by atoms with Gasteiger partial charge in [-0.1, -0.05) is 6.58 Å². The van der Waals surface area contributed by atoms with Gasteiger partial charge in [-0.05, 0) is 6.92 Å². The Morgan fingerprint density at radius 2 is 2.00 bits per heavy atom. The molecule has 1 N–H and O–H groups in total. The average molecular weight is 128 g/mol. The molecule has 0 aliphatic carbocycles. The van der Waals surface area contributed by atoms with Gasteiger partial charge in [0, 0.05) is 19.7 Å². The van der Waals surface area contributed by atoms with Crippen LogP contribution in [0, 0.1) is 0 Å². The van der Waals surface area contributed by atoms with Crippen LogP contribution < -0.4 is 5.43 Å². The molecule has 3 heteroatoms. The minimum absolute atomic E-state index is 0.0296. The SMILES string of the molecule is C=C(C)NN(C)C(C)=O. The summed E-state index contributed by atoms with van der Waals surface area (Å²) in [5.41, 5.74) is 3.49. The van der Waals surface area contributed by atoms with Crippen molar-refractivity contribution in [3.8, 4) is 0 Å². The van der Waals surface area contributed by atoms with Crippen molar-refractivity contribution in [1.82, 2.24) is 10.4 Å². The van der Waals surface area contributed by atoms with Crippen molar-refractivity contribution < 1.29 is 4.79 Å². The quantitative estimate of drug-likeness (QED) is 0.549. The summed E-state index contributed by atoms with van der Waals surface area (Å²) in [6.07, 6.45) is 0. The van der Waals surface area contributed by atoms with Crippen molar-refractivity contribution in [2.75, 3.05) is 7.05 Å². The number of amides is 1. The van der Waals surface area contributed by atoms with Crippen molar-refractivity contribution in [2.45, 2.75) is 13.8 Å². The summed E-state index contributed by atoms with van der Waals surface area (Å²) in [4.78, 5) is 10.5. The maximum atomic E-state index is 10.5. The van der Waals surface area contributed by atoms with Crippen LogP contribution in [-0.2, 0) is 4.79 Å². The summed E-state index contributed by atoms with van der Waals surface area (Å²) in [7, 11) is 1.65. The second kappa shape index (κ2) is 3.12. The molecule has 0 rings (SSSR count). The van der Waals surface area contributed by atoms with Gasteiger partial charge in [0.2, 0.25) is 5.91 Å². The van der Waals surface area contributed by atoms with Gasteiger partial charge in [0.15, 0.2) is 0 Å². The molecule has 3 nitrogen and oxygen atoms in total. The number of nitrogens with zero attached hydrogens (tertiary/aromatic N) is 1. The number of hydrogen-bond donors (Lipinski definition) is 1. The van der Waals surface area contributed by atoms with E-state index in [9.17, 15) is 4.79 Å². The van der Waals surface area contributed by atoms with E-state index in [0.717, 1.165) is 5.70 Å². The standard InChI is InChI=1S/C6H12N2O/c1-5(2)7-8(4)6(3)9/h7H,1H2,2-4H3. The molecule has 0 atom stereocenters. The lowest BCUT2D eigenvalue weighted by Gasteiger charge is -2.16. The molecule has 0 spiro atoms. The summed E-state index contributed by atoms with van der Waals surface area (Å²) < 4.78 is 0. The summed E-state index contributed by atoms with van der Waals surface area (Å²) >= 11 is 0. The molecule has 1 amide bonds. The van der Waals surface area contributed by atoms with Gasteiger partial charge in [0.1, 0.15) is 0 Å². The Hall–Kier alpha value is -0.990. The molecule has 0 radical (unpaired) electrons. The van der Waals surface area contributed by atoms with Crippen molar-refractivity contribution in [1.29, 1.82) is 0 Å². The summed E-state index contributed by atoms with van der Waals surface area (Å²) in [6.45, 7) is 6.85. The molecule has 0 aliphatic rings. The molecule has 0 aromatic rings. The lowest BCUT2D eigenvalue weighted by Crippen LogP contribution is -2.36. The number of nitrogens with one attached hydrogen (secondary N) is 1. The minimum Gasteiger partial charge on any atom is -0.301 e. The highest BCUT2D eigenvalue weighted by Gasteiger charge is 1.97. The molecule has 0 aliphatic heterocycles. The van der Waals surface area contributed by atoms with Crippen LogP contribution in [0.3, 0.4) is 0 Å². The van der Waals surface area contributed by atoms with E-state index in [1.165, 1.54) is 11.9 Å². The number of allylic oxidation sites excluding steroid dienone is 1. The molecule has 0 bridgehead atoms. The predicted octanol–water partition coefficient (Wildman–Crippen LogP) is 0.503. The third kappa shape index (κ3) is 3.58. The first-order chi connectivity index (χ1) is 4.04. The fraction of sp³-hybridized carbons (Fsp3) is 0.500. The van der Waals surface area contributed by atoms with Gasteiger partial charge >= 0.3 is 0 Å². The molecule has 0 aromatic heterocycles. The highest BCUT2D eigenvalue weighted by Crippen LogP contribution is 1.82. The Kier molecular flexibility index (Phi) is 2.78. The summed E-state index contributed by atoms with van der Waals surface area (Å²) in [6, 6.07) is 0. The van der Waals surface area contributed by atoms with Crippen LogP contribution in [0.1, 0.15) is 13.8 Å². The van der Waals surface area contributed by atoms with Crippen LogP contribution in [0.5, 0.6) is 0 Å². The van der Waals surface area contributed by atoms with E-state index in [4.69, 9.17) is 0 Å². The van der Waals surface area contributed by atoms with Gasteiger partial charge in [-0.2, -0.15) is 0 Å². The summed E-state index contributed by atoms with van der Waals surface area (Å²) in [5.74, 6) is -0.0296. The van der Waals surface area contributed by atoms with E-state index in [1.54, 1.807) is 14.0 Å². The number of hydrazine groups is 1. The highest BCUT2D eigenvalue weighted by molar-refractivity contribution is 5.72.